The van der Waals surface area contributed by atoms with Gasteiger partial charge in [-0.25, -0.2) is 8.42 Å². The summed E-state index contributed by atoms with van der Waals surface area (Å²) in [5.41, 5.74) is 1.03. The molecule has 0 spiro atoms. The van der Waals surface area contributed by atoms with Gasteiger partial charge >= 0.3 is 0 Å². The molecule has 0 amide bonds. The molecule has 0 bridgehead atoms. The van der Waals surface area contributed by atoms with Crippen molar-refractivity contribution < 1.29 is 8.42 Å². The number of rotatable bonds is 2. The largest absolute Gasteiger partial charge is 0.244 e. The maximum atomic E-state index is 12.1. The highest BCUT2D eigenvalue weighted by Gasteiger charge is 2.51. The number of terminal acetylenes is 1. The Balaban J connectivity index is 2.35. The van der Waals surface area contributed by atoms with Gasteiger partial charge in [-0.15, -0.1) is 6.42 Å². The third-order valence-corrected chi connectivity index (χ3v) is 4.79. The van der Waals surface area contributed by atoms with E-state index in [9.17, 15) is 8.42 Å². The number of sulfonamides is 1. The first-order valence-corrected chi connectivity index (χ1v) is 6.49. The fraction of sp³-hybridized carbons (Fsp3) is 0.333. The van der Waals surface area contributed by atoms with Gasteiger partial charge in [-0.2, -0.15) is 4.31 Å². The van der Waals surface area contributed by atoms with Gasteiger partial charge in [0.15, 0.2) is 0 Å². The van der Waals surface area contributed by atoms with E-state index in [-0.39, 0.29) is 12.1 Å². The molecule has 3 atom stereocenters. The molecular weight excluding hydrogens is 222 g/mol. The summed E-state index contributed by atoms with van der Waals surface area (Å²) in [6.07, 6.45) is 5.26. The lowest BCUT2D eigenvalue weighted by Crippen LogP contribution is -2.15. The summed E-state index contributed by atoms with van der Waals surface area (Å²) in [4.78, 5) is 0.308. The fourth-order valence-electron chi connectivity index (χ4n) is 1.74. The van der Waals surface area contributed by atoms with Crippen LogP contribution in [0.4, 0.5) is 0 Å². The average Bonchev–Trinajstić information content (AvgIpc) is 2.90. The molecule has 2 rings (SSSR count). The Morgan fingerprint density at radius 3 is 2.31 bits per heavy atom. The normalized spacial score (nSPS) is 28.4. The highest BCUT2D eigenvalue weighted by molar-refractivity contribution is 7.89. The topological polar surface area (TPSA) is 37.1 Å². The third-order valence-electron chi connectivity index (χ3n) is 2.81. The highest BCUT2D eigenvalue weighted by atomic mass is 32.2. The summed E-state index contributed by atoms with van der Waals surface area (Å²) in [5, 5.41) is 0. The fourth-order valence-corrected chi connectivity index (χ4v) is 3.49. The molecule has 1 aromatic carbocycles. The van der Waals surface area contributed by atoms with Crippen molar-refractivity contribution >= 4 is 10.0 Å². The van der Waals surface area contributed by atoms with E-state index in [1.54, 1.807) is 24.3 Å². The number of hydrogen-bond donors (Lipinski definition) is 0. The highest BCUT2D eigenvalue weighted by Crippen LogP contribution is 2.34. The minimum atomic E-state index is -3.40. The van der Waals surface area contributed by atoms with Crippen LogP contribution in [0.3, 0.4) is 0 Å². The molecule has 0 radical (unpaired) electrons. The Bertz CT molecular complexity index is 539. The summed E-state index contributed by atoms with van der Waals surface area (Å²) >= 11 is 0. The standard InChI is InChI=1S/C12H13NO2S/c1-4-12-10(3)13(12)16(14,15)11-7-5-9(2)6-8-11/h1,5-8,10,12H,2-3H3/t10-,12-,13?/m0/s1. The maximum Gasteiger partial charge on any atom is 0.244 e. The first-order valence-electron chi connectivity index (χ1n) is 5.05. The second-order valence-electron chi connectivity index (χ2n) is 4.00. The Morgan fingerprint density at radius 1 is 1.31 bits per heavy atom. The van der Waals surface area contributed by atoms with Crippen LogP contribution in [0.5, 0.6) is 0 Å². The second kappa shape index (κ2) is 3.62. The Hall–Kier alpha value is -1.31. The van der Waals surface area contributed by atoms with Gasteiger partial charge < -0.3 is 0 Å². The number of hydrogen-bond acceptors (Lipinski definition) is 2. The molecule has 84 valence electrons. The van der Waals surface area contributed by atoms with Crippen LogP contribution in [0.25, 0.3) is 0 Å². The summed E-state index contributed by atoms with van der Waals surface area (Å²) in [5.74, 6) is 2.47. The van der Waals surface area contributed by atoms with E-state index in [2.05, 4.69) is 5.92 Å². The minimum Gasteiger partial charge on any atom is -0.207 e. The van der Waals surface area contributed by atoms with Gasteiger partial charge in [0.1, 0.15) is 6.04 Å². The van der Waals surface area contributed by atoms with Crippen LogP contribution in [0.2, 0.25) is 0 Å². The third kappa shape index (κ3) is 1.62. The van der Waals surface area contributed by atoms with Gasteiger partial charge in [-0.1, -0.05) is 23.6 Å². The van der Waals surface area contributed by atoms with Crippen LogP contribution in [0.1, 0.15) is 12.5 Å². The summed E-state index contributed by atoms with van der Waals surface area (Å²) in [6.45, 7) is 3.73. The SMILES string of the molecule is C#C[C@H]1[C@H](C)N1S(=O)(=O)c1ccc(C)cc1. The lowest BCUT2D eigenvalue weighted by molar-refractivity contribution is 0.552. The van der Waals surface area contributed by atoms with Crippen molar-refractivity contribution in [2.24, 2.45) is 0 Å². The predicted molar refractivity (Wildman–Crippen MR) is 62.3 cm³/mol. The monoisotopic (exact) mass is 235 g/mol. The van der Waals surface area contributed by atoms with Crippen molar-refractivity contribution in [2.45, 2.75) is 30.8 Å². The van der Waals surface area contributed by atoms with E-state index < -0.39 is 10.0 Å². The quantitative estimate of drug-likeness (QED) is 0.574. The van der Waals surface area contributed by atoms with Crippen LogP contribution in [-0.4, -0.2) is 24.8 Å². The number of aryl methyl sites for hydroxylation is 1. The Labute approximate surface area is 96.1 Å². The Kier molecular flexibility index (Phi) is 2.53. The molecule has 0 N–H and O–H groups in total. The van der Waals surface area contributed by atoms with Crippen LogP contribution in [0, 0.1) is 19.3 Å². The summed E-state index contributed by atoms with van der Waals surface area (Å²) in [7, 11) is -3.40. The van der Waals surface area contributed by atoms with Crippen LogP contribution in [0.15, 0.2) is 29.2 Å². The van der Waals surface area contributed by atoms with Crippen LogP contribution in [-0.2, 0) is 10.0 Å². The molecule has 3 nitrogen and oxygen atoms in total. The van der Waals surface area contributed by atoms with E-state index in [1.165, 1.54) is 4.31 Å². The predicted octanol–water partition coefficient (Wildman–Crippen LogP) is 1.39. The zero-order valence-corrected chi connectivity index (χ0v) is 10.0. The van der Waals surface area contributed by atoms with E-state index in [0.29, 0.717) is 4.90 Å². The molecule has 1 aliphatic rings. The average molecular weight is 235 g/mol. The molecule has 1 saturated heterocycles. The van der Waals surface area contributed by atoms with Crippen molar-refractivity contribution in [3.8, 4) is 12.3 Å². The van der Waals surface area contributed by atoms with Gasteiger partial charge in [0.05, 0.1) is 10.9 Å². The van der Waals surface area contributed by atoms with Gasteiger partial charge in [-0.3, -0.25) is 0 Å². The molecule has 1 fully saturated rings. The first kappa shape index (κ1) is 11.2. The van der Waals surface area contributed by atoms with Gasteiger partial charge in [0.25, 0.3) is 0 Å². The molecular formula is C12H13NO2S. The van der Waals surface area contributed by atoms with Crippen molar-refractivity contribution in [1.29, 1.82) is 0 Å². The van der Waals surface area contributed by atoms with Crippen LogP contribution >= 0.6 is 0 Å². The van der Waals surface area contributed by atoms with Crippen molar-refractivity contribution in [1.82, 2.24) is 4.31 Å². The first-order chi connectivity index (χ1) is 7.48. The zero-order valence-electron chi connectivity index (χ0n) is 9.21. The van der Waals surface area contributed by atoms with E-state index in [4.69, 9.17) is 6.42 Å². The number of benzene rings is 1. The molecule has 0 aliphatic carbocycles. The molecule has 1 aliphatic heterocycles. The molecule has 1 unspecified atom stereocenters. The van der Waals surface area contributed by atoms with Crippen LogP contribution < -0.4 is 0 Å². The Morgan fingerprint density at radius 2 is 1.88 bits per heavy atom. The molecule has 16 heavy (non-hydrogen) atoms. The van der Waals surface area contributed by atoms with Gasteiger partial charge in [-0.05, 0) is 26.0 Å². The number of nitrogens with zero attached hydrogens (tertiary/aromatic N) is 1. The van der Waals surface area contributed by atoms with Crippen molar-refractivity contribution in [3.63, 3.8) is 0 Å². The van der Waals surface area contributed by atoms with Gasteiger partial charge in [0, 0.05) is 0 Å². The second-order valence-corrected chi connectivity index (χ2v) is 5.84. The zero-order chi connectivity index (χ0) is 11.9. The molecule has 1 heterocycles. The van der Waals surface area contributed by atoms with E-state index in [1.807, 2.05) is 13.8 Å². The molecule has 0 aromatic heterocycles. The van der Waals surface area contributed by atoms with Gasteiger partial charge in [0.2, 0.25) is 10.0 Å². The molecule has 1 aromatic rings. The smallest absolute Gasteiger partial charge is 0.207 e. The lowest BCUT2D eigenvalue weighted by Gasteiger charge is -2.05. The maximum absolute atomic E-state index is 12.1. The summed E-state index contributed by atoms with van der Waals surface area (Å²) < 4.78 is 25.6. The van der Waals surface area contributed by atoms with Crippen molar-refractivity contribution in [2.75, 3.05) is 0 Å². The van der Waals surface area contributed by atoms with Crippen molar-refractivity contribution in [3.05, 3.63) is 29.8 Å². The van der Waals surface area contributed by atoms with E-state index >= 15 is 0 Å². The minimum absolute atomic E-state index is 0.0868. The lowest BCUT2D eigenvalue weighted by atomic mass is 10.2. The molecule has 4 heteroatoms. The molecule has 0 saturated carbocycles. The van der Waals surface area contributed by atoms with E-state index in [0.717, 1.165) is 5.56 Å². The summed E-state index contributed by atoms with van der Waals surface area (Å²) in [6, 6.07) is 6.42.